The van der Waals surface area contributed by atoms with Gasteiger partial charge in [0.25, 0.3) is 0 Å². The molecular formula is C24H33LiO4P. The van der Waals surface area contributed by atoms with Crippen molar-refractivity contribution in [3.63, 3.8) is 0 Å². The molecule has 2 aromatic rings. The Morgan fingerprint density at radius 3 is 1.77 bits per heavy atom. The molecule has 4 nitrogen and oxygen atoms in total. The second kappa shape index (κ2) is 13.8. The summed E-state index contributed by atoms with van der Waals surface area (Å²) in [5, 5.41) is 0.823. The minimum absolute atomic E-state index is 0. The molecule has 0 aliphatic heterocycles. The third-order valence-electron chi connectivity index (χ3n) is 4.38. The summed E-state index contributed by atoms with van der Waals surface area (Å²) in [6.45, 7) is 12.0. The van der Waals surface area contributed by atoms with E-state index >= 15 is 0 Å². The van der Waals surface area contributed by atoms with Crippen molar-refractivity contribution in [2.45, 2.75) is 53.9 Å². The van der Waals surface area contributed by atoms with Crippen LogP contribution in [0.3, 0.4) is 0 Å². The average Bonchev–Trinajstić information content (AvgIpc) is 2.70. The molecule has 6 heteroatoms. The van der Waals surface area contributed by atoms with Gasteiger partial charge in [-0.05, 0) is 52.8 Å². The average molecular weight is 423 g/mol. The van der Waals surface area contributed by atoms with Crippen molar-refractivity contribution in [3.05, 3.63) is 47.0 Å². The van der Waals surface area contributed by atoms with E-state index in [1.165, 1.54) is 0 Å². The molecule has 1 radical (unpaired) electrons. The summed E-state index contributed by atoms with van der Waals surface area (Å²) in [5.74, 6) is 2.09. The standard InChI is InChI=1S/C24H33O4P.Li/c1-6-12-26-19-15-20(27-13-7-2)23(21(16-19)28-14-8-3)29-24(25)22-17(4)10-9-11-18(22)5;/h9-11,15-16,29H,6-8,12-14H2,1-5H3;. The fourth-order valence-electron chi connectivity index (χ4n) is 2.99. The van der Waals surface area contributed by atoms with E-state index in [-0.39, 0.29) is 33.0 Å². The molecule has 0 aliphatic rings. The Labute approximate surface area is 195 Å². The molecule has 0 amide bonds. The van der Waals surface area contributed by atoms with E-state index < -0.39 is 0 Å². The minimum Gasteiger partial charge on any atom is -0.493 e. The molecule has 2 aromatic carbocycles. The molecule has 1 atom stereocenters. The van der Waals surface area contributed by atoms with Crippen LogP contribution >= 0.6 is 8.58 Å². The molecule has 0 bridgehead atoms. The summed E-state index contributed by atoms with van der Waals surface area (Å²) in [4.78, 5) is 13.2. The van der Waals surface area contributed by atoms with Crippen molar-refractivity contribution in [3.8, 4) is 17.2 Å². The Hall–Kier alpha value is -1.46. The molecule has 30 heavy (non-hydrogen) atoms. The summed E-state index contributed by atoms with van der Waals surface area (Å²) >= 11 is 0. The normalized spacial score (nSPS) is 10.7. The molecule has 0 saturated heterocycles. The van der Waals surface area contributed by atoms with Gasteiger partial charge >= 0.3 is 0 Å². The van der Waals surface area contributed by atoms with Crippen molar-refractivity contribution in [2.75, 3.05) is 19.8 Å². The third kappa shape index (κ3) is 7.35. The first-order chi connectivity index (χ1) is 14.0. The molecule has 0 N–H and O–H groups in total. The number of hydrogen-bond acceptors (Lipinski definition) is 4. The largest absolute Gasteiger partial charge is 0.493 e. The van der Waals surface area contributed by atoms with Crippen LogP contribution in [-0.4, -0.2) is 44.2 Å². The number of rotatable bonds is 12. The maximum absolute atomic E-state index is 13.2. The van der Waals surface area contributed by atoms with Crippen LogP contribution in [0.4, 0.5) is 0 Å². The van der Waals surface area contributed by atoms with E-state index in [9.17, 15) is 4.79 Å². The summed E-state index contributed by atoms with van der Waals surface area (Å²) in [6.07, 6.45) is 2.70. The van der Waals surface area contributed by atoms with Gasteiger partial charge in [-0.1, -0.05) is 39.0 Å². The summed E-state index contributed by atoms with van der Waals surface area (Å²) in [6, 6.07) is 9.73. The SMILES string of the molecule is CCCOc1cc(OCCC)c(PC(=O)c2c(C)cccc2C)c(OCCC)c1.[Li]. The van der Waals surface area contributed by atoms with E-state index in [0.29, 0.717) is 31.3 Å². The van der Waals surface area contributed by atoms with Gasteiger partial charge in [0.05, 0.1) is 25.1 Å². The van der Waals surface area contributed by atoms with Gasteiger partial charge in [0, 0.05) is 36.6 Å². The van der Waals surface area contributed by atoms with Crippen LogP contribution in [0.5, 0.6) is 17.2 Å². The van der Waals surface area contributed by atoms with Crippen LogP contribution in [0, 0.1) is 13.8 Å². The first-order valence-corrected chi connectivity index (χ1v) is 11.5. The van der Waals surface area contributed by atoms with Gasteiger partial charge in [-0.3, -0.25) is 4.79 Å². The summed E-state index contributed by atoms with van der Waals surface area (Å²) < 4.78 is 17.9. The summed E-state index contributed by atoms with van der Waals surface area (Å²) in [5.41, 5.74) is 2.89. The fourth-order valence-corrected chi connectivity index (χ4v) is 4.27. The first-order valence-electron chi connectivity index (χ1n) is 10.5. The predicted octanol–water partition coefficient (Wildman–Crippen LogP) is 5.43. The fraction of sp³-hybridized carbons (Fsp3) is 0.458. The Bertz CT molecular complexity index is 774. The zero-order valence-corrected chi connectivity index (χ0v) is 20.3. The molecule has 1 unspecified atom stereocenters. The number of aryl methyl sites for hydroxylation is 2. The van der Waals surface area contributed by atoms with Gasteiger partial charge in [0.2, 0.25) is 0 Å². The van der Waals surface area contributed by atoms with Gasteiger partial charge < -0.3 is 14.2 Å². The molecule has 2 rings (SSSR count). The maximum atomic E-state index is 13.2. The maximum Gasteiger partial charge on any atom is 0.186 e. The van der Waals surface area contributed by atoms with Crippen molar-refractivity contribution in [1.29, 1.82) is 0 Å². The Morgan fingerprint density at radius 2 is 1.30 bits per heavy atom. The van der Waals surface area contributed by atoms with Crippen LogP contribution in [-0.2, 0) is 0 Å². The monoisotopic (exact) mass is 423 g/mol. The van der Waals surface area contributed by atoms with E-state index in [2.05, 4.69) is 20.8 Å². The quantitative estimate of drug-likeness (QED) is 0.337. The number of ether oxygens (including phenoxy) is 3. The number of benzene rings is 2. The molecule has 0 aromatic heterocycles. The molecule has 0 fully saturated rings. The molecule has 0 saturated carbocycles. The van der Waals surface area contributed by atoms with E-state index in [4.69, 9.17) is 14.2 Å². The zero-order valence-electron chi connectivity index (χ0n) is 19.3. The molecular weight excluding hydrogens is 390 g/mol. The van der Waals surface area contributed by atoms with Gasteiger partial charge in [-0.25, -0.2) is 0 Å². The van der Waals surface area contributed by atoms with E-state index in [1.807, 2.05) is 44.2 Å². The number of hydrogen-bond donors (Lipinski definition) is 0. The van der Waals surface area contributed by atoms with E-state index in [1.54, 1.807) is 0 Å². The van der Waals surface area contributed by atoms with Gasteiger partial charge in [0.1, 0.15) is 17.2 Å². The third-order valence-corrected chi connectivity index (χ3v) is 5.60. The van der Waals surface area contributed by atoms with Crippen molar-refractivity contribution < 1.29 is 19.0 Å². The van der Waals surface area contributed by atoms with Crippen molar-refractivity contribution >= 4 is 38.3 Å². The first kappa shape index (κ1) is 26.6. The number of carbonyl (C=O) groups excluding carboxylic acids is 1. The number of carbonyl (C=O) groups is 1. The van der Waals surface area contributed by atoms with Crippen LogP contribution in [0.25, 0.3) is 0 Å². The smallest absolute Gasteiger partial charge is 0.186 e. The second-order valence-electron chi connectivity index (χ2n) is 7.06. The van der Waals surface area contributed by atoms with Crippen molar-refractivity contribution in [1.82, 2.24) is 0 Å². The second-order valence-corrected chi connectivity index (χ2v) is 8.26. The molecule has 0 spiro atoms. The van der Waals surface area contributed by atoms with Crippen LogP contribution in [0.2, 0.25) is 0 Å². The zero-order chi connectivity index (χ0) is 21.2. The van der Waals surface area contributed by atoms with Gasteiger partial charge in [0.15, 0.2) is 5.52 Å². The predicted molar refractivity (Wildman–Crippen MR) is 128 cm³/mol. The Balaban J connectivity index is 0.00000450. The molecule has 159 valence electrons. The van der Waals surface area contributed by atoms with Crippen LogP contribution in [0.15, 0.2) is 30.3 Å². The minimum atomic E-state index is -0.0771. The van der Waals surface area contributed by atoms with Gasteiger partial charge in [-0.15, -0.1) is 0 Å². The van der Waals surface area contributed by atoms with Crippen molar-refractivity contribution in [2.24, 2.45) is 0 Å². The topological polar surface area (TPSA) is 44.8 Å². The summed E-state index contributed by atoms with van der Waals surface area (Å²) in [7, 11) is -0.0771. The Morgan fingerprint density at radius 1 is 0.833 bits per heavy atom. The van der Waals surface area contributed by atoms with Crippen LogP contribution < -0.4 is 19.5 Å². The Kier molecular flexibility index (Phi) is 12.2. The molecule has 0 aliphatic carbocycles. The molecule has 0 heterocycles. The van der Waals surface area contributed by atoms with Gasteiger partial charge in [-0.2, -0.15) is 0 Å². The van der Waals surface area contributed by atoms with E-state index in [0.717, 1.165) is 47.0 Å². The van der Waals surface area contributed by atoms with Crippen LogP contribution in [0.1, 0.15) is 61.5 Å².